The largest absolute Gasteiger partial charge is 0.311 e. The van der Waals surface area contributed by atoms with E-state index in [4.69, 9.17) is 0 Å². The number of hydrogen-bond acceptors (Lipinski definition) is 1. The summed E-state index contributed by atoms with van der Waals surface area (Å²) in [6, 6.07) is 7.16. The molecule has 0 saturated carbocycles. The minimum Gasteiger partial charge on any atom is -0.311 e. The second kappa shape index (κ2) is 5.79. The zero-order valence-electron chi connectivity index (χ0n) is 12.6. The lowest BCUT2D eigenvalue weighted by atomic mass is 9.84. The molecule has 0 radical (unpaired) electrons. The van der Waals surface area contributed by atoms with Gasteiger partial charge in [-0.3, -0.25) is 0 Å². The molecule has 1 fully saturated rings. The molecule has 1 heterocycles. The van der Waals surface area contributed by atoms with Gasteiger partial charge in [0.25, 0.3) is 0 Å². The second-order valence-electron chi connectivity index (χ2n) is 5.73. The maximum absolute atomic E-state index is 4.11. The van der Waals surface area contributed by atoms with Crippen molar-refractivity contribution in [1.82, 2.24) is 5.32 Å². The van der Waals surface area contributed by atoms with E-state index in [-0.39, 0.29) is 0 Å². The zero-order valence-corrected chi connectivity index (χ0v) is 12.6. The topological polar surface area (TPSA) is 21.9 Å². The van der Waals surface area contributed by atoms with Gasteiger partial charge in [0.2, 0.25) is 0 Å². The third kappa shape index (κ3) is 3.19. The SMILES string of the molecule is BC(=C)c1cccc(C)c1/C=C(\C)C(CC)C1CN1. The first-order valence-electron chi connectivity index (χ1n) is 7.21. The molecule has 1 nitrogen and oxygen atoms in total. The molecule has 1 aliphatic rings. The van der Waals surface area contributed by atoms with Crippen LogP contribution < -0.4 is 5.32 Å². The molecule has 2 heteroatoms. The lowest BCUT2D eigenvalue weighted by Gasteiger charge is -2.16. The van der Waals surface area contributed by atoms with Gasteiger partial charge in [-0.2, -0.15) is 0 Å². The van der Waals surface area contributed by atoms with Crippen molar-refractivity contribution >= 4 is 19.4 Å². The molecule has 1 saturated heterocycles. The van der Waals surface area contributed by atoms with Crippen molar-refractivity contribution in [1.29, 1.82) is 0 Å². The summed E-state index contributed by atoms with van der Waals surface area (Å²) in [5, 5.41) is 3.45. The van der Waals surface area contributed by atoms with Crippen molar-refractivity contribution < 1.29 is 0 Å². The molecule has 100 valence electrons. The van der Waals surface area contributed by atoms with Crippen molar-refractivity contribution in [2.75, 3.05) is 6.54 Å². The standard InChI is InChI=1S/C17H24BN/c1-5-14(17-10-19-17)12(3)9-16-11(2)7-6-8-15(16)13(4)18/h6-9,14,17,19H,4-5,10,18H2,1-3H3/b12-9+. The minimum absolute atomic E-state index is 0.664. The summed E-state index contributed by atoms with van der Waals surface area (Å²) < 4.78 is 0. The molecule has 1 N–H and O–H groups in total. The number of rotatable bonds is 5. The fourth-order valence-corrected chi connectivity index (χ4v) is 2.86. The highest BCUT2D eigenvalue weighted by molar-refractivity contribution is 6.42. The van der Waals surface area contributed by atoms with Gasteiger partial charge in [-0.15, -0.1) is 6.58 Å². The van der Waals surface area contributed by atoms with Crippen LogP contribution in [0.15, 0.2) is 30.4 Å². The van der Waals surface area contributed by atoms with Crippen LogP contribution in [0.25, 0.3) is 11.5 Å². The Hall–Kier alpha value is -1.28. The molecule has 2 rings (SSSR count). The average molecular weight is 253 g/mol. The molecule has 1 aromatic rings. The van der Waals surface area contributed by atoms with Gasteiger partial charge < -0.3 is 5.32 Å². The summed E-state index contributed by atoms with van der Waals surface area (Å²) in [6.45, 7) is 12.0. The summed E-state index contributed by atoms with van der Waals surface area (Å²) in [6.07, 6.45) is 3.57. The van der Waals surface area contributed by atoms with Crippen molar-refractivity contribution in [3.63, 3.8) is 0 Å². The Kier molecular flexibility index (Phi) is 4.31. The van der Waals surface area contributed by atoms with Crippen LogP contribution in [0.4, 0.5) is 0 Å². The molecule has 2 unspecified atom stereocenters. The normalized spacial score (nSPS) is 20.2. The van der Waals surface area contributed by atoms with Crippen LogP contribution in [0.3, 0.4) is 0 Å². The number of benzene rings is 1. The summed E-state index contributed by atoms with van der Waals surface area (Å²) in [5.74, 6) is 0.664. The Morgan fingerprint density at radius 2 is 2.26 bits per heavy atom. The van der Waals surface area contributed by atoms with E-state index in [2.05, 4.69) is 64.8 Å². The average Bonchev–Trinajstić information content (AvgIpc) is 3.17. The summed E-state index contributed by atoms with van der Waals surface area (Å²) in [4.78, 5) is 0. The van der Waals surface area contributed by atoms with Crippen LogP contribution in [0.2, 0.25) is 0 Å². The Morgan fingerprint density at radius 1 is 1.58 bits per heavy atom. The van der Waals surface area contributed by atoms with E-state index >= 15 is 0 Å². The third-order valence-corrected chi connectivity index (χ3v) is 4.11. The molecule has 0 bridgehead atoms. The first kappa shape index (κ1) is 14.1. The van der Waals surface area contributed by atoms with Crippen LogP contribution >= 0.6 is 0 Å². The molecule has 2 atom stereocenters. The maximum atomic E-state index is 4.11. The van der Waals surface area contributed by atoms with Crippen LogP contribution in [0.1, 0.15) is 37.0 Å². The zero-order chi connectivity index (χ0) is 14.0. The summed E-state index contributed by atoms with van der Waals surface area (Å²) in [7, 11) is 2.08. The molecule has 0 aromatic heterocycles. The Morgan fingerprint density at radius 3 is 2.79 bits per heavy atom. The van der Waals surface area contributed by atoms with Gasteiger partial charge in [0, 0.05) is 12.6 Å². The molecule has 0 amide bonds. The van der Waals surface area contributed by atoms with Crippen LogP contribution in [0, 0.1) is 12.8 Å². The van der Waals surface area contributed by atoms with Gasteiger partial charge in [-0.1, -0.05) is 42.2 Å². The second-order valence-corrected chi connectivity index (χ2v) is 5.73. The van der Waals surface area contributed by atoms with Crippen molar-refractivity contribution in [2.45, 2.75) is 33.2 Å². The van der Waals surface area contributed by atoms with E-state index in [9.17, 15) is 0 Å². The number of nitrogens with one attached hydrogen (secondary N) is 1. The summed E-state index contributed by atoms with van der Waals surface area (Å²) in [5.41, 5.74) is 6.57. The van der Waals surface area contributed by atoms with Gasteiger partial charge >= 0.3 is 0 Å². The fraction of sp³-hybridized carbons (Fsp3) is 0.412. The summed E-state index contributed by atoms with van der Waals surface area (Å²) >= 11 is 0. The fourth-order valence-electron chi connectivity index (χ4n) is 2.86. The van der Waals surface area contributed by atoms with E-state index in [1.807, 2.05) is 0 Å². The number of aryl methyl sites for hydroxylation is 1. The Balaban J connectivity index is 2.38. The third-order valence-electron chi connectivity index (χ3n) is 4.11. The van der Waals surface area contributed by atoms with Crippen molar-refractivity contribution in [3.05, 3.63) is 47.0 Å². The van der Waals surface area contributed by atoms with Crippen LogP contribution in [-0.2, 0) is 0 Å². The van der Waals surface area contributed by atoms with Gasteiger partial charge in [-0.25, -0.2) is 0 Å². The van der Waals surface area contributed by atoms with Gasteiger partial charge in [0.15, 0.2) is 0 Å². The minimum atomic E-state index is 0.664. The Bertz CT molecular complexity index is 512. The highest BCUT2D eigenvalue weighted by Gasteiger charge is 2.30. The molecule has 0 aliphatic carbocycles. The lowest BCUT2D eigenvalue weighted by molar-refractivity contribution is 0.581. The first-order chi connectivity index (χ1) is 9.04. The molecule has 0 spiro atoms. The van der Waals surface area contributed by atoms with Crippen molar-refractivity contribution in [2.24, 2.45) is 5.92 Å². The predicted molar refractivity (Wildman–Crippen MR) is 88.0 cm³/mol. The highest BCUT2D eigenvalue weighted by Crippen LogP contribution is 2.29. The monoisotopic (exact) mass is 253 g/mol. The smallest absolute Gasteiger partial charge is 0.139 e. The van der Waals surface area contributed by atoms with Crippen LogP contribution in [0.5, 0.6) is 0 Å². The van der Waals surface area contributed by atoms with Crippen molar-refractivity contribution in [3.8, 4) is 0 Å². The molecule has 1 aromatic carbocycles. The maximum Gasteiger partial charge on any atom is 0.139 e. The highest BCUT2D eigenvalue weighted by atomic mass is 15.1. The van der Waals surface area contributed by atoms with E-state index in [0.29, 0.717) is 12.0 Å². The van der Waals surface area contributed by atoms with E-state index < -0.39 is 0 Å². The predicted octanol–water partition coefficient (Wildman–Crippen LogP) is 3.00. The molecular weight excluding hydrogens is 229 g/mol. The van der Waals surface area contributed by atoms with Gasteiger partial charge in [-0.05, 0) is 42.9 Å². The van der Waals surface area contributed by atoms with E-state index in [1.165, 1.54) is 35.2 Å². The van der Waals surface area contributed by atoms with Crippen LogP contribution in [-0.4, -0.2) is 20.4 Å². The van der Waals surface area contributed by atoms with E-state index in [0.717, 1.165) is 5.47 Å². The molecular formula is C17H24BN. The molecule has 1 aliphatic heterocycles. The first-order valence-corrected chi connectivity index (χ1v) is 7.21. The number of hydrogen-bond donors (Lipinski definition) is 1. The molecule has 19 heavy (non-hydrogen) atoms. The van der Waals surface area contributed by atoms with E-state index in [1.54, 1.807) is 0 Å². The van der Waals surface area contributed by atoms with Gasteiger partial charge in [0.1, 0.15) is 7.85 Å². The quantitative estimate of drug-likeness (QED) is 0.632. The lowest BCUT2D eigenvalue weighted by Crippen LogP contribution is -2.11. The van der Waals surface area contributed by atoms with Gasteiger partial charge in [0.05, 0.1) is 0 Å². The Labute approximate surface area is 118 Å².